The molecule has 0 aliphatic heterocycles. The lowest BCUT2D eigenvalue weighted by molar-refractivity contribution is 0.0646. The number of amides is 2. The van der Waals surface area contributed by atoms with Crippen LogP contribution in [0.25, 0.3) is 0 Å². The molecule has 1 atom stereocenters. The standard InChI is InChI=1S/C22H22Cl3N5O2/c1-13(22(2,3)32)27-20-26-10-9-19(29-20)30(14-7-5-4-6-8-14)21(31)28-18-12-16(24)15(23)11-17(18)25/h4-13,32H,1-3H3,(H,28,31)(H,26,27,29). The van der Waals surface area contributed by atoms with Gasteiger partial charge in [0.1, 0.15) is 5.82 Å². The van der Waals surface area contributed by atoms with Crippen LogP contribution in [-0.2, 0) is 0 Å². The van der Waals surface area contributed by atoms with Crippen molar-refractivity contribution in [2.24, 2.45) is 0 Å². The van der Waals surface area contributed by atoms with Gasteiger partial charge in [0.15, 0.2) is 0 Å². The molecule has 0 saturated carbocycles. The smallest absolute Gasteiger partial charge is 0.332 e. The first-order valence-corrected chi connectivity index (χ1v) is 10.8. The Hall–Kier alpha value is -2.58. The Morgan fingerprint density at radius 1 is 1.06 bits per heavy atom. The van der Waals surface area contributed by atoms with Gasteiger partial charge >= 0.3 is 6.03 Å². The number of halogens is 3. The van der Waals surface area contributed by atoms with Gasteiger partial charge in [-0.2, -0.15) is 4.98 Å². The van der Waals surface area contributed by atoms with Gasteiger partial charge in [-0.25, -0.2) is 14.7 Å². The van der Waals surface area contributed by atoms with Crippen LogP contribution < -0.4 is 15.5 Å². The Labute approximate surface area is 201 Å². The second-order valence-corrected chi connectivity index (χ2v) is 8.83. The number of rotatable bonds is 6. The molecule has 0 aliphatic carbocycles. The first-order valence-electron chi connectivity index (χ1n) is 9.69. The van der Waals surface area contributed by atoms with Crippen LogP contribution in [0.2, 0.25) is 15.1 Å². The van der Waals surface area contributed by atoms with Crippen LogP contribution in [0.1, 0.15) is 20.8 Å². The van der Waals surface area contributed by atoms with E-state index in [9.17, 15) is 9.90 Å². The molecule has 0 aliphatic rings. The highest BCUT2D eigenvalue weighted by Gasteiger charge is 2.25. The molecule has 3 aromatic rings. The summed E-state index contributed by atoms with van der Waals surface area (Å²) in [5.41, 5.74) is -0.128. The van der Waals surface area contributed by atoms with Gasteiger partial charge in [-0.3, -0.25) is 0 Å². The summed E-state index contributed by atoms with van der Waals surface area (Å²) in [6, 6.07) is 12.7. The van der Waals surface area contributed by atoms with Gasteiger partial charge in [-0.1, -0.05) is 53.0 Å². The molecule has 32 heavy (non-hydrogen) atoms. The number of nitrogens with zero attached hydrogens (tertiary/aromatic N) is 3. The maximum atomic E-state index is 13.3. The van der Waals surface area contributed by atoms with Gasteiger partial charge in [0, 0.05) is 12.3 Å². The zero-order chi connectivity index (χ0) is 23.5. The van der Waals surface area contributed by atoms with E-state index >= 15 is 0 Å². The number of nitrogens with one attached hydrogen (secondary N) is 2. The summed E-state index contributed by atoms with van der Waals surface area (Å²) in [6.45, 7) is 5.17. The van der Waals surface area contributed by atoms with Gasteiger partial charge in [-0.05, 0) is 45.0 Å². The van der Waals surface area contributed by atoms with E-state index in [1.165, 1.54) is 23.2 Å². The largest absolute Gasteiger partial charge is 0.388 e. The molecule has 0 bridgehead atoms. The van der Waals surface area contributed by atoms with Crippen molar-refractivity contribution in [3.8, 4) is 0 Å². The number of aliphatic hydroxyl groups is 1. The van der Waals surface area contributed by atoms with Crippen molar-refractivity contribution < 1.29 is 9.90 Å². The molecule has 0 radical (unpaired) electrons. The minimum atomic E-state index is -1.000. The van der Waals surface area contributed by atoms with E-state index in [1.54, 1.807) is 44.2 Å². The number of hydrogen-bond acceptors (Lipinski definition) is 5. The van der Waals surface area contributed by atoms with Gasteiger partial charge in [0.05, 0.1) is 38.1 Å². The Bertz CT molecular complexity index is 1110. The van der Waals surface area contributed by atoms with E-state index in [0.717, 1.165) is 0 Å². The van der Waals surface area contributed by atoms with Crippen molar-refractivity contribution in [2.45, 2.75) is 32.4 Å². The maximum absolute atomic E-state index is 13.3. The number of hydrogen-bond donors (Lipinski definition) is 3. The second-order valence-electron chi connectivity index (χ2n) is 7.61. The van der Waals surface area contributed by atoms with Crippen molar-refractivity contribution in [3.05, 3.63) is 69.8 Å². The fraction of sp³-hybridized carbons (Fsp3) is 0.227. The van der Waals surface area contributed by atoms with E-state index in [1.807, 2.05) is 13.0 Å². The van der Waals surface area contributed by atoms with Crippen LogP contribution >= 0.6 is 34.8 Å². The minimum absolute atomic E-state index is 0.241. The Morgan fingerprint density at radius 2 is 1.72 bits per heavy atom. The van der Waals surface area contributed by atoms with Crippen LogP contribution in [-0.4, -0.2) is 32.7 Å². The molecule has 0 spiro atoms. The second kappa shape index (κ2) is 9.92. The molecule has 2 amide bonds. The topological polar surface area (TPSA) is 90.4 Å². The van der Waals surface area contributed by atoms with E-state index in [-0.39, 0.29) is 27.1 Å². The molecule has 2 aromatic carbocycles. The van der Waals surface area contributed by atoms with E-state index in [4.69, 9.17) is 34.8 Å². The predicted octanol–water partition coefficient (Wildman–Crippen LogP) is 6.38. The van der Waals surface area contributed by atoms with Gasteiger partial charge < -0.3 is 15.7 Å². The summed E-state index contributed by atoms with van der Waals surface area (Å²) in [7, 11) is 0. The predicted molar refractivity (Wildman–Crippen MR) is 130 cm³/mol. The van der Waals surface area contributed by atoms with Crippen molar-refractivity contribution in [3.63, 3.8) is 0 Å². The molecular weight excluding hydrogens is 473 g/mol. The Balaban J connectivity index is 1.97. The van der Waals surface area contributed by atoms with E-state index < -0.39 is 11.6 Å². The molecule has 1 aromatic heterocycles. The monoisotopic (exact) mass is 493 g/mol. The SMILES string of the molecule is CC(Nc1nccc(N(C(=O)Nc2cc(Cl)c(Cl)cc2Cl)c2ccccc2)n1)C(C)(C)O. The number of benzene rings is 2. The highest BCUT2D eigenvalue weighted by Crippen LogP contribution is 2.33. The van der Waals surface area contributed by atoms with Crippen LogP contribution in [0.5, 0.6) is 0 Å². The Kier molecular flexibility index (Phi) is 7.46. The Morgan fingerprint density at radius 3 is 2.38 bits per heavy atom. The number of carbonyl (C=O) groups excluding carboxylic acids is 1. The van der Waals surface area contributed by atoms with Crippen LogP contribution in [0, 0.1) is 0 Å². The van der Waals surface area contributed by atoms with Crippen LogP contribution in [0.3, 0.4) is 0 Å². The molecule has 10 heteroatoms. The summed E-state index contributed by atoms with van der Waals surface area (Å²) < 4.78 is 0. The zero-order valence-corrected chi connectivity index (χ0v) is 19.9. The van der Waals surface area contributed by atoms with E-state index in [2.05, 4.69) is 20.6 Å². The van der Waals surface area contributed by atoms with Gasteiger partial charge in [0.2, 0.25) is 5.95 Å². The molecule has 0 fully saturated rings. The number of aromatic nitrogens is 2. The summed E-state index contributed by atoms with van der Waals surface area (Å²) in [4.78, 5) is 23.4. The fourth-order valence-electron chi connectivity index (χ4n) is 2.63. The summed E-state index contributed by atoms with van der Waals surface area (Å²) in [5.74, 6) is 0.573. The lowest BCUT2D eigenvalue weighted by Gasteiger charge is -2.27. The highest BCUT2D eigenvalue weighted by molar-refractivity contribution is 6.44. The molecule has 7 nitrogen and oxygen atoms in total. The third-order valence-corrected chi connectivity index (χ3v) is 5.78. The molecule has 3 rings (SSSR count). The van der Waals surface area contributed by atoms with Crippen molar-refractivity contribution in [1.29, 1.82) is 0 Å². The van der Waals surface area contributed by atoms with Gasteiger partial charge in [-0.15, -0.1) is 0 Å². The summed E-state index contributed by atoms with van der Waals surface area (Å²) in [5, 5.41) is 16.8. The molecule has 168 valence electrons. The summed E-state index contributed by atoms with van der Waals surface area (Å²) >= 11 is 18.3. The minimum Gasteiger partial charge on any atom is -0.388 e. The average molecular weight is 495 g/mol. The normalized spacial score (nSPS) is 12.2. The third-order valence-electron chi connectivity index (χ3n) is 4.74. The van der Waals surface area contributed by atoms with Gasteiger partial charge in [0.25, 0.3) is 0 Å². The lowest BCUT2D eigenvalue weighted by atomic mass is 10.0. The average Bonchev–Trinajstić information content (AvgIpc) is 2.72. The van der Waals surface area contributed by atoms with Crippen molar-refractivity contribution in [1.82, 2.24) is 9.97 Å². The van der Waals surface area contributed by atoms with Crippen LogP contribution in [0.15, 0.2) is 54.7 Å². The first-order chi connectivity index (χ1) is 15.1. The molecule has 3 N–H and O–H groups in total. The quantitative estimate of drug-likeness (QED) is 0.346. The number of carbonyl (C=O) groups is 1. The van der Waals surface area contributed by atoms with E-state index in [0.29, 0.717) is 17.2 Å². The maximum Gasteiger partial charge on any atom is 0.332 e. The van der Waals surface area contributed by atoms with Crippen molar-refractivity contribution in [2.75, 3.05) is 15.5 Å². The first kappa shape index (κ1) is 24.1. The number of urea groups is 1. The molecular formula is C22H22Cl3N5O2. The third kappa shape index (κ3) is 5.81. The highest BCUT2D eigenvalue weighted by atomic mass is 35.5. The zero-order valence-electron chi connectivity index (χ0n) is 17.6. The molecule has 0 saturated heterocycles. The number of para-hydroxylation sites is 1. The van der Waals surface area contributed by atoms with Crippen molar-refractivity contribution >= 4 is 64.0 Å². The summed E-state index contributed by atoms with van der Waals surface area (Å²) in [6.07, 6.45) is 1.52. The molecule has 1 heterocycles. The molecule has 1 unspecified atom stereocenters. The number of anilines is 4. The van der Waals surface area contributed by atoms with Crippen LogP contribution in [0.4, 0.5) is 27.9 Å². The fourth-order valence-corrected chi connectivity index (χ4v) is 3.23. The lowest BCUT2D eigenvalue weighted by Crippen LogP contribution is -2.40.